The number of carbonyl (C=O) groups excluding carboxylic acids is 1. The average Bonchev–Trinajstić information content (AvgIpc) is 3.27. The van der Waals surface area contributed by atoms with Gasteiger partial charge in [0, 0.05) is 18.5 Å². The molecule has 1 aromatic heterocycles. The fraction of sp³-hybridized carbons (Fsp3) is 0.304. The first kappa shape index (κ1) is 20.2. The minimum atomic E-state index is -0.755. The Balaban J connectivity index is 0.000000706. The van der Waals surface area contributed by atoms with Gasteiger partial charge in [-0.3, -0.25) is 9.48 Å². The van der Waals surface area contributed by atoms with Crippen molar-refractivity contribution in [3.05, 3.63) is 89.7 Å². The highest BCUT2D eigenvalue weighted by molar-refractivity contribution is 6.17. The molecule has 28 heavy (non-hydrogen) atoms. The van der Waals surface area contributed by atoms with E-state index in [0.717, 1.165) is 22.6 Å². The number of benzene rings is 2. The Morgan fingerprint density at radius 3 is 2.11 bits per heavy atom. The molecule has 2 heterocycles. The van der Waals surface area contributed by atoms with Gasteiger partial charge in [-0.2, -0.15) is 5.10 Å². The number of aryl methyl sites for hydroxylation is 1. The molecular formula is C23H25ClN2O2. The van der Waals surface area contributed by atoms with Crippen LogP contribution in [0.1, 0.15) is 30.0 Å². The van der Waals surface area contributed by atoms with Gasteiger partial charge in [-0.15, -0.1) is 11.6 Å². The van der Waals surface area contributed by atoms with Gasteiger partial charge < -0.3 is 4.74 Å². The van der Waals surface area contributed by atoms with Crippen LogP contribution in [0.3, 0.4) is 0 Å². The van der Waals surface area contributed by atoms with Crippen molar-refractivity contribution in [3.8, 4) is 0 Å². The lowest BCUT2D eigenvalue weighted by Crippen LogP contribution is -2.33. The first-order chi connectivity index (χ1) is 13.6. The Labute approximate surface area is 171 Å². The van der Waals surface area contributed by atoms with E-state index in [1.54, 1.807) is 0 Å². The predicted octanol–water partition coefficient (Wildman–Crippen LogP) is 4.74. The molecule has 1 aliphatic heterocycles. The molecule has 1 aliphatic rings. The fourth-order valence-electron chi connectivity index (χ4n) is 3.68. The maximum atomic E-state index is 13.1. The van der Waals surface area contributed by atoms with Crippen LogP contribution in [-0.2, 0) is 21.5 Å². The van der Waals surface area contributed by atoms with Gasteiger partial charge in [0.05, 0.1) is 12.7 Å². The minimum Gasteiger partial charge on any atom is -0.459 e. The Bertz CT molecular complexity index is 854. The molecule has 0 spiro atoms. The van der Waals surface area contributed by atoms with Crippen LogP contribution in [-0.4, -0.2) is 27.7 Å². The Kier molecular flexibility index (Phi) is 6.53. The Morgan fingerprint density at radius 1 is 1.11 bits per heavy atom. The normalized spacial score (nSPS) is 17.5. The second-order valence-corrected chi connectivity index (χ2v) is 7.41. The van der Waals surface area contributed by atoms with Crippen LogP contribution < -0.4 is 0 Å². The largest absolute Gasteiger partial charge is 0.459 e. The van der Waals surface area contributed by atoms with Gasteiger partial charge in [-0.05, 0) is 23.6 Å². The van der Waals surface area contributed by atoms with Gasteiger partial charge in [0.1, 0.15) is 11.5 Å². The zero-order valence-corrected chi connectivity index (χ0v) is 17.0. The summed E-state index contributed by atoms with van der Waals surface area (Å²) in [5.74, 6) is 0.541. The van der Waals surface area contributed by atoms with Crippen molar-refractivity contribution >= 4 is 17.6 Å². The van der Waals surface area contributed by atoms with Crippen molar-refractivity contribution < 1.29 is 9.53 Å². The monoisotopic (exact) mass is 396 g/mol. The molecule has 0 bridgehead atoms. The second kappa shape index (κ2) is 9.07. The maximum Gasteiger partial charge on any atom is 0.321 e. The van der Waals surface area contributed by atoms with Gasteiger partial charge in [0.15, 0.2) is 0 Å². The molecule has 0 saturated carbocycles. The molecule has 0 N–H and O–H groups in total. The first-order valence-electron chi connectivity index (χ1n) is 9.47. The molecule has 4 rings (SSSR count). The lowest BCUT2D eigenvalue weighted by molar-refractivity contribution is -0.145. The maximum absolute atomic E-state index is 13.1. The third kappa shape index (κ3) is 4.12. The molecule has 3 aromatic rings. The summed E-state index contributed by atoms with van der Waals surface area (Å²) in [4.78, 5) is 13.1. The highest BCUT2D eigenvalue weighted by Crippen LogP contribution is 2.43. The Morgan fingerprint density at radius 2 is 1.64 bits per heavy atom. The van der Waals surface area contributed by atoms with E-state index in [0.29, 0.717) is 13.0 Å². The fourth-order valence-corrected chi connectivity index (χ4v) is 3.68. The third-order valence-corrected chi connectivity index (χ3v) is 4.84. The number of nitrogens with zero attached hydrogens (tertiary/aromatic N) is 2. The van der Waals surface area contributed by atoms with Gasteiger partial charge in [-0.25, -0.2) is 0 Å². The molecule has 5 heteroatoms. The highest BCUT2D eigenvalue weighted by Gasteiger charge is 2.51. The molecule has 0 amide bonds. The van der Waals surface area contributed by atoms with Gasteiger partial charge >= 0.3 is 5.97 Å². The number of hydrogen-bond acceptors (Lipinski definition) is 3. The SMILES string of the molecule is CCCl.Cc1cnn(CC2CC(c3ccccc3)(c3ccccc3)C(=O)O2)c1. The lowest BCUT2D eigenvalue weighted by atomic mass is 9.72. The molecular weight excluding hydrogens is 372 g/mol. The number of cyclic esters (lactones) is 1. The van der Waals surface area contributed by atoms with Crippen molar-refractivity contribution in [2.45, 2.75) is 38.3 Å². The van der Waals surface area contributed by atoms with Crippen LogP contribution in [0.25, 0.3) is 0 Å². The molecule has 0 aliphatic carbocycles. The number of alkyl halides is 1. The highest BCUT2D eigenvalue weighted by atomic mass is 35.5. The molecule has 1 atom stereocenters. The van der Waals surface area contributed by atoms with Crippen LogP contribution in [0.15, 0.2) is 73.1 Å². The summed E-state index contributed by atoms with van der Waals surface area (Å²) >= 11 is 5.00. The van der Waals surface area contributed by atoms with E-state index in [1.807, 2.05) is 91.6 Å². The molecule has 1 saturated heterocycles. The van der Waals surface area contributed by atoms with Gasteiger partial charge in [0.2, 0.25) is 0 Å². The summed E-state index contributed by atoms with van der Waals surface area (Å²) < 4.78 is 7.65. The standard InChI is InChI=1S/C21H20N2O2.C2H5Cl/c1-16-13-22-23(14-16)15-19-12-21(20(24)25-19,17-8-4-2-5-9-17)18-10-6-3-7-11-18;1-2-3/h2-11,13-14,19H,12,15H2,1H3;2H2,1H3. The molecule has 1 fully saturated rings. The van der Waals surface area contributed by atoms with E-state index in [1.165, 1.54) is 0 Å². The van der Waals surface area contributed by atoms with Crippen LogP contribution in [0.5, 0.6) is 0 Å². The van der Waals surface area contributed by atoms with E-state index in [-0.39, 0.29) is 12.1 Å². The van der Waals surface area contributed by atoms with E-state index in [9.17, 15) is 4.79 Å². The van der Waals surface area contributed by atoms with Crippen LogP contribution in [0.4, 0.5) is 0 Å². The quantitative estimate of drug-likeness (QED) is 0.472. The van der Waals surface area contributed by atoms with Crippen molar-refractivity contribution in [2.24, 2.45) is 0 Å². The van der Waals surface area contributed by atoms with E-state index in [4.69, 9.17) is 16.3 Å². The zero-order valence-electron chi connectivity index (χ0n) is 16.2. The van der Waals surface area contributed by atoms with Crippen LogP contribution in [0, 0.1) is 6.92 Å². The number of carbonyl (C=O) groups is 1. The van der Waals surface area contributed by atoms with Crippen molar-refractivity contribution in [3.63, 3.8) is 0 Å². The summed E-state index contributed by atoms with van der Waals surface area (Å²) in [6.07, 6.45) is 4.20. The number of esters is 1. The number of halogens is 1. The Hall–Kier alpha value is -2.59. The third-order valence-electron chi connectivity index (χ3n) is 4.84. The molecule has 1 unspecified atom stereocenters. The molecule has 2 aromatic carbocycles. The smallest absolute Gasteiger partial charge is 0.321 e. The van der Waals surface area contributed by atoms with Crippen molar-refractivity contribution in [1.82, 2.24) is 9.78 Å². The minimum absolute atomic E-state index is 0.182. The summed E-state index contributed by atoms with van der Waals surface area (Å²) in [6, 6.07) is 19.8. The number of ether oxygens (including phenoxy) is 1. The average molecular weight is 397 g/mol. The molecule has 146 valence electrons. The number of aromatic nitrogens is 2. The van der Waals surface area contributed by atoms with E-state index < -0.39 is 5.41 Å². The van der Waals surface area contributed by atoms with Gasteiger partial charge in [-0.1, -0.05) is 67.6 Å². The van der Waals surface area contributed by atoms with Crippen LogP contribution in [0.2, 0.25) is 0 Å². The van der Waals surface area contributed by atoms with Gasteiger partial charge in [0.25, 0.3) is 0 Å². The van der Waals surface area contributed by atoms with Crippen molar-refractivity contribution in [1.29, 1.82) is 0 Å². The molecule has 0 radical (unpaired) electrons. The summed E-state index contributed by atoms with van der Waals surface area (Å²) in [6.45, 7) is 4.46. The van der Waals surface area contributed by atoms with Crippen molar-refractivity contribution in [2.75, 3.05) is 5.88 Å². The van der Waals surface area contributed by atoms with E-state index >= 15 is 0 Å². The van der Waals surface area contributed by atoms with E-state index in [2.05, 4.69) is 5.10 Å². The number of rotatable bonds is 4. The number of hydrogen-bond donors (Lipinski definition) is 0. The summed E-state index contributed by atoms with van der Waals surface area (Å²) in [7, 11) is 0. The molecule has 4 nitrogen and oxygen atoms in total. The first-order valence-corrected chi connectivity index (χ1v) is 10.0. The van der Waals surface area contributed by atoms with Crippen LogP contribution >= 0.6 is 11.6 Å². The summed E-state index contributed by atoms with van der Waals surface area (Å²) in [5.41, 5.74) is 2.30. The zero-order chi connectivity index (χ0) is 20.0. The second-order valence-electron chi connectivity index (χ2n) is 6.88. The predicted molar refractivity (Wildman–Crippen MR) is 112 cm³/mol. The summed E-state index contributed by atoms with van der Waals surface area (Å²) in [5, 5.41) is 4.32. The lowest BCUT2D eigenvalue weighted by Gasteiger charge is -2.26. The topological polar surface area (TPSA) is 44.1 Å².